The molecule has 4 heteroatoms. The lowest BCUT2D eigenvalue weighted by atomic mass is 10.1. The molecular formula is C12H25N3O. The molecule has 0 aliphatic carbocycles. The highest BCUT2D eigenvalue weighted by Crippen LogP contribution is 2.10. The molecule has 4 nitrogen and oxygen atoms in total. The summed E-state index contributed by atoms with van der Waals surface area (Å²) in [7, 11) is 3.78. The van der Waals surface area contributed by atoms with Gasteiger partial charge < -0.3 is 15.5 Å². The molecule has 0 bridgehead atoms. The zero-order valence-electron chi connectivity index (χ0n) is 10.6. The lowest BCUT2D eigenvalue weighted by Crippen LogP contribution is -2.28. The average molecular weight is 227 g/mol. The summed E-state index contributed by atoms with van der Waals surface area (Å²) in [5.41, 5.74) is 0. The number of carbonyl (C=O) groups excluding carboxylic acids is 1. The van der Waals surface area contributed by atoms with Crippen LogP contribution in [0.15, 0.2) is 0 Å². The van der Waals surface area contributed by atoms with Gasteiger partial charge in [0.1, 0.15) is 0 Å². The van der Waals surface area contributed by atoms with Gasteiger partial charge in [0.25, 0.3) is 0 Å². The first-order chi connectivity index (χ1) is 7.72. The second-order valence-corrected chi connectivity index (χ2v) is 4.66. The minimum Gasteiger partial charge on any atom is -0.359 e. The molecule has 2 N–H and O–H groups in total. The predicted molar refractivity (Wildman–Crippen MR) is 66.4 cm³/mol. The van der Waals surface area contributed by atoms with Crippen molar-refractivity contribution in [1.82, 2.24) is 15.5 Å². The van der Waals surface area contributed by atoms with Crippen molar-refractivity contribution >= 4 is 5.91 Å². The second-order valence-electron chi connectivity index (χ2n) is 4.66. The minimum absolute atomic E-state index is 0.129. The SMILES string of the molecule is CNC(=O)CCN(C)CCCC1CCCN1. The molecule has 1 fully saturated rings. The summed E-state index contributed by atoms with van der Waals surface area (Å²) in [4.78, 5) is 13.3. The highest BCUT2D eigenvalue weighted by molar-refractivity contribution is 5.75. The van der Waals surface area contributed by atoms with Crippen LogP contribution in [0.4, 0.5) is 0 Å². The highest BCUT2D eigenvalue weighted by Gasteiger charge is 2.13. The van der Waals surface area contributed by atoms with Gasteiger partial charge in [0.05, 0.1) is 0 Å². The molecule has 1 aliphatic heterocycles. The first-order valence-electron chi connectivity index (χ1n) is 6.35. The standard InChI is InChI=1S/C12H25N3O/c1-13-12(16)7-10-15(2)9-4-6-11-5-3-8-14-11/h11,14H,3-10H2,1-2H3,(H,13,16). The molecule has 1 atom stereocenters. The molecule has 0 saturated carbocycles. The Balaban J connectivity index is 1.96. The Kier molecular flexibility index (Phi) is 6.42. The normalized spacial score (nSPS) is 20.3. The van der Waals surface area contributed by atoms with Gasteiger partial charge in [-0.05, 0) is 45.8 Å². The smallest absolute Gasteiger partial charge is 0.221 e. The van der Waals surface area contributed by atoms with Gasteiger partial charge in [-0.15, -0.1) is 0 Å². The van der Waals surface area contributed by atoms with Gasteiger partial charge in [0.2, 0.25) is 5.91 Å². The van der Waals surface area contributed by atoms with Crippen molar-refractivity contribution in [1.29, 1.82) is 0 Å². The van der Waals surface area contributed by atoms with E-state index >= 15 is 0 Å². The van der Waals surface area contributed by atoms with Gasteiger partial charge in [-0.3, -0.25) is 4.79 Å². The van der Waals surface area contributed by atoms with Gasteiger partial charge in [-0.25, -0.2) is 0 Å². The second kappa shape index (κ2) is 7.63. The van der Waals surface area contributed by atoms with Crippen LogP contribution in [0.2, 0.25) is 0 Å². The molecule has 0 aromatic rings. The van der Waals surface area contributed by atoms with Crippen LogP contribution in [-0.2, 0) is 4.79 Å². The van der Waals surface area contributed by atoms with Crippen LogP contribution in [0.25, 0.3) is 0 Å². The van der Waals surface area contributed by atoms with Crippen LogP contribution in [0, 0.1) is 0 Å². The molecule has 0 aromatic carbocycles. The maximum Gasteiger partial charge on any atom is 0.221 e. The number of amides is 1. The maximum absolute atomic E-state index is 11.1. The molecule has 1 aliphatic rings. The number of hydrogen-bond acceptors (Lipinski definition) is 3. The Morgan fingerprint density at radius 2 is 2.31 bits per heavy atom. The quantitative estimate of drug-likeness (QED) is 0.669. The number of nitrogens with zero attached hydrogens (tertiary/aromatic N) is 1. The van der Waals surface area contributed by atoms with E-state index in [-0.39, 0.29) is 5.91 Å². The third kappa shape index (κ3) is 5.47. The zero-order valence-corrected chi connectivity index (χ0v) is 10.6. The molecule has 0 aromatic heterocycles. The molecule has 16 heavy (non-hydrogen) atoms. The molecule has 1 heterocycles. The van der Waals surface area contributed by atoms with Crippen molar-refractivity contribution in [3.63, 3.8) is 0 Å². The third-order valence-electron chi connectivity index (χ3n) is 3.25. The van der Waals surface area contributed by atoms with E-state index in [9.17, 15) is 4.79 Å². The van der Waals surface area contributed by atoms with Crippen LogP contribution in [-0.4, -0.2) is 50.6 Å². The van der Waals surface area contributed by atoms with Gasteiger partial charge in [0, 0.05) is 26.1 Å². The lowest BCUT2D eigenvalue weighted by Gasteiger charge is -2.17. The van der Waals surface area contributed by atoms with E-state index in [1.807, 2.05) is 0 Å². The van der Waals surface area contributed by atoms with Crippen molar-refractivity contribution in [3.05, 3.63) is 0 Å². The van der Waals surface area contributed by atoms with E-state index in [0.29, 0.717) is 6.42 Å². The van der Waals surface area contributed by atoms with Crippen LogP contribution in [0.3, 0.4) is 0 Å². The summed E-state index contributed by atoms with van der Waals surface area (Å²) < 4.78 is 0. The predicted octanol–water partition coefficient (Wildman–Crippen LogP) is 0.587. The largest absolute Gasteiger partial charge is 0.359 e. The molecule has 0 spiro atoms. The van der Waals surface area contributed by atoms with Crippen molar-refractivity contribution in [2.24, 2.45) is 0 Å². The molecule has 1 saturated heterocycles. The first kappa shape index (κ1) is 13.5. The fraction of sp³-hybridized carbons (Fsp3) is 0.917. The number of nitrogens with one attached hydrogen (secondary N) is 2. The van der Waals surface area contributed by atoms with Crippen LogP contribution >= 0.6 is 0 Å². The minimum atomic E-state index is 0.129. The van der Waals surface area contributed by atoms with E-state index in [0.717, 1.165) is 19.1 Å². The Morgan fingerprint density at radius 3 is 2.94 bits per heavy atom. The monoisotopic (exact) mass is 227 g/mol. The lowest BCUT2D eigenvalue weighted by molar-refractivity contribution is -0.120. The number of carbonyl (C=O) groups is 1. The van der Waals surface area contributed by atoms with Gasteiger partial charge in [-0.1, -0.05) is 0 Å². The highest BCUT2D eigenvalue weighted by atomic mass is 16.1. The zero-order chi connectivity index (χ0) is 11.8. The molecule has 0 radical (unpaired) electrons. The summed E-state index contributed by atoms with van der Waals surface area (Å²) in [6.45, 7) is 3.14. The van der Waals surface area contributed by atoms with E-state index in [1.54, 1.807) is 7.05 Å². The first-order valence-corrected chi connectivity index (χ1v) is 6.35. The number of rotatable bonds is 7. The van der Waals surface area contributed by atoms with E-state index in [2.05, 4.69) is 22.6 Å². The Bertz CT molecular complexity index is 202. The maximum atomic E-state index is 11.1. The van der Waals surface area contributed by atoms with E-state index in [4.69, 9.17) is 0 Å². The van der Waals surface area contributed by atoms with Gasteiger partial charge >= 0.3 is 0 Å². The average Bonchev–Trinajstić information content (AvgIpc) is 2.79. The fourth-order valence-electron chi connectivity index (χ4n) is 2.14. The third-order valence-corrected chi connectivity index (χ3v) is 3.25. The van der Waals surface area contributed by atoms with Crippen LogP contribution < -0.4 is 10.6 Å². The molecule has 1 rings (SSSR count). The Labute approximate surface area is 98.8 Å². The van der Waals surface area contributed by atoms with E-state index in [1.165, 1.54) is 32.2 Å². The van der Waals surface area contributed by atoms with Gasteiger partial charge in [-0.2, -0.15) is 0 Å². The van der Waals surface area contributed by atoms with E-state index < -0.39 is 0 Å². The summed E-state index contributed by atoms with van der Waals surface area (Å²) >= 11 is 0. The molecule has 94 valence electrons. The van der Waals surface area contributed by atoms with Crippen molar-refractivity contribution in [3.8, 4) is 0 Å². The summed E-state index contributed by atoms with van der Waals surface area (Å²) in [6, 6.07) is 0.743. The summed E-state index contributed by atoms with van der Waals surface area (Å²) in [5, 5.41) is 6.15. The molecule has 1 unspecified atom stereocenters. The Morgan fingerprint density at radius 1 is 1.50 bits per heavy atom. The van der Waals surface area contributed by atoms with Crippen LogP contribution in [0.5, 0.6) is 0 Å². The molecule has 1 amide bonds. The number of hydrogen-bond donors (Lipinski definition) is 2. The summed E-state index contributed by atoms with van der Waals surface area (Å²) in [6.07, 6.45) is 5.76. The summed E-state index contributed by atoms with van der Waals surface area (Å²) in [5.74, 6) is 0.129. The topological polar surface area (TPSA) is 44.4 Å². The fourth-order valence-corrected chi connectivity index (χ4v) is 2.14. The van der Waals surface area contributed by atoms with Crippen molar-refractivity contribution < 1.29 is 4.79 Å². The molecular weight excluding hydrogens is 202 g/mol. The van der Waals surface area contributed by atoms with Crippen LogP contribution in [0.1, 0.15) is 32.1 Å². The van der Waals surface area contributed by atoms with Gasteiger partial charge in [0.15, 0.2) is 0 Å². The Hall–Kier alpha value is -0.610. The van der Waals surface area contributed by atoms with Crippen molar-refractivity contribution in [2.75, 3.05) is 33.7 Å². The van der Waals surface area contributed by atoms with Crippen molar-refractivity contribution in [2.45, 2.75) is 38.1 Å².